The number of rotatable bonds is 3. The van der Waals surface area contributed by atoms with Crippen LogP contribution in [0, 0.1) is 0 Å². The zero-order valence-corrected chi connectivity index (χ0v) is 26.5. The molecule has 7 aromatic rings. The van der Waals surface area contributed by atoms with Gasteiger partial charge < -0.3 is 14.4 Å². The Morgan fingerprint density at radius 3 is 1.57 bits per heavy atom. The van der Waals surface area contributed by atoms with Crippen molar-refractivity contribution in [1.82, 2.24) is 0 Å². The summed E-state index contributed by atoms with van der Waals surface area (Å²) in [7, 11) is -2.71. The quantitative estimate of drug-likeness (QED) is 0.242. The molecule has 0 N–H and O–H groups in total. The third-order valence-electron chi connectivity index (χ3n) is 10.1. The fourth-order valence-electron chi connectivity index (χ4n) is 8.23. The van der Waals surface area contributed by atoms with Gasteiger partial charge in [-0.1, -0.05) is 133 Å². The van der Waals surface area contributed by atoms with E-state index in [4.69, 9.17) is 9.47 Å². The van der Waals surface area contributed by atoms with Gasteiger partial charge in [0.05, 0.1) is 5.69 Å². The van der Waals surface area contributed by atoms with Crippen LogP contribution in [0.4, 0.5) is 17.1 Å². The Bertz CT molecular complexity index is 2250. The number of ether oxygens (including phenoxy) is 2. The van der Waals surface area contributed by atoms with Crippen LogP contribution in [0.3, 0.4) is 0 Å². The molecule has 47 heavy (non-hydrogen) atoms. The first-order chi connectivity index (χ1) is 23.3. The minimum absolute atomic E-state index is 0.00670. The zero-order valence-electron chi connectivity index (χ0n) is 25.5. The van der Waals surface area contributed by atoms with Gasteiger partial charge in [0, 0.05) is 16.8 Å². The van der Waals surface area contributed by atoms with Crippen molar-refractivity contribution in [2.24, 2.45) is 0 Å². The van der Waals surface area contributed by atoms with E-state index in [1.807, 2.05) is 12.1 Å². The number of fused-ring (bicyclic) bond motifs is 6. The molecule has 0 atom stereocenters. The molecular formula is C42H28BNO2Si. The molecule has 3 nitrogen and oxygen atoms in total. The average Bonchev–Trinajstić information content (AvgIpc) is 3.14. The molecule has 0 radical (unpaired) electrons. The first kappa shape index (κ1) is 26.4. The number of anilines is 3. The Balaban J connectivity index is 1.26. The largest absolute Gasteiger partial charge is 0.458 e. The summed E-state index contributed by atoms with van der Waals surface area (Å²) in [6.45, 7) is 0.00670. The monoisotopic (exact) mass is 617 g/mol. The van der Waals surface area contributed by atoms with Gasteiger partial charge in [0.15, 0.2) is 8.07 Å². The zero-order chi connectivity index (χ0) is 31.0. The highest BCUT2D eigenvalue weighted by atomic mass is 28.3. The summed E-state index contributed by atoms with van der Waals surface area (Å²) in [5.41, 5.74) is 6.81. The molecule has 0 fully saturated rings. The second kappa shape index (κ2) is 10.1. The third-order valence-corrected chi connectivity index (χ3v) is 14.9. The molecule has 3 heterocycles. The molecule has 0 aromatic heterocycles. The van der Waals surface area contributed by atoms with Gasteiger partial charge in [-0.3, -0.25) is 0 Å². The van der Waals surface area contributed by atoms with E-state index in [1.54, 1.807) is 0 Å². The fraction of sp³-hybridized carbons (Fsp3) is 0. The lowest BCUT2D eigenvalue weighted by molar-refractivity contribution is 0.465. The number of benzene rings is 7. The normalized spacial score (nSPS) is 14.4. The Morgan fingerprint density at radius 2 is 0.894 bits per heavy atom. The molecule has 5 heteroatoms. The van der Waals surface area contributed by atoms with Gasteiger partial charge in [0.1, 0.15) is 23.0 Å². The predicted octanol–water partition coefficient (Wildman–Crippen LogP) is 5.57. The second-order valence-corrected chi connectivity index (χ2v) is 16.1. The number of hydrogen-bond acceptors (Lipinski definition) is 3. The smallest absolute Gasteiger partial charge is 0.260 e. The van der Waals surface area contributed by atoms with Crippen molar-refractivity contribution in [1.29, 1.82) is 0 Å². The van der Waals surface area contributed by atoms with Crippen molar-refractivity contribution in [2.75, 3.05) is 4.90 Å². The van der Waals surface area contributed by atoms with Crippen LogP contribution >= 0.6 is 0 Å². The van der Waals surface area contributed by atoms with Crippen molar-refractivity contribution >= 4 is 69.0 Å². The molecule has 0 bridgehead atoms. The first-order valence-electron chi connectivity index (χ1n) is 16.1. The molecular weight excluding hydrogens is 589 g/mol. The lowest BCUT2D eigenvalue weighted by Gasteiger charge is -2.45. The van der Waals surface area contributed by atoms with Crippen molar-refractivity contribution in [3.63, 3.8) is 0 Å². The molecule has 3 aliphatic heterocycles. The molecule has 220 valence electrons. The Labute approximate surface area is 275 Å². The van der Waals surface area contributed by atoms with E-state index in [0.717, 1.165) is 45.1 Å². The van der Waals surface area contributed by atoms with E-state index in [0.29, 0.717) is 0 Å². The molecule has 0 spiro atoms. The van der Waals surface area contributed by atoms with E-state index in [1.165, 1.54) is 32.1 Å². The summed E-state index contributed by atoms with van der Waals surface area (Å²) in [4.78, 5) is 2.45. The summed E-state index contributed by atoms with van der Waals surface area (Å²) >= 11 is 0. The third kappa shape index (κ3) is 3.63. The number of para-hydroxylation sites is 4. The lowest BCUT2D eigenvalue weighted by atomic mass is 9.35. The van der Waals surface area contributed by atoms with Gasteiger partial charge >= 0.3 is 0 Å². The minimum atomic E-state index is -2.71. The van der Waals surface area contributed by atoms with Crippen molar-refractivity contribution in [2.45, 2.75) is 0 Å². The van der Waals surface area contributed by atoms with Crippen LogP contribution in [0.25, 0.3) is 0 Å². The maximum Gasteiger partial charge on any atom is 0.260 e. The lowest BCUT2D eigenvalue weighted by Crippen LogP contribution is -2.77. The van der Waals surface area contributed by atoms with Crippen LogP contribution < -0.4 is 51.5 Å². The molecule has 3 aliphatic rings. The van der Waals surface area contributed by atoms with E-state index in [-0.39, 0.29) is 6.71 Å². The van der Waals surface area contributed by atoms with Crippen molar-refractivity contribution in [3.05, 3.63) is 170 Å². The van der Waals surface area contributed by atoms with Gasteiger partial charge in [-0.05, 0) is 68.1 Å². The molecule has 0 unspecified atom stereocenters. The van der Waals surface area contributed by atoms with Gasteiger partial charge in [-0.25, -0.2) is 0 Å². The van der Waals surface area contributed by atoms with Gasteiger partial charge in [-0.15, -0.1) is 0 Å². The second-order valence-electron chi connectivity index (χ2n) is 12.4. The maximum atomic E-state index is 6.96. The SMILES string of the molecule is c1ccc([Si]2(c3ccccc3)c3ccccc3N(c3cccc4c3Oc3cccc5c3B4c3ccccc3O5)c3ccccc32)cc1. The summed E-state index contributed by atoms with van der Waals surface area (Å²) in [6.07, 6.45) is 0. The number of hydrogen-bond donors (Lipinski definition) is 0. The van der Waals surface area contributed by atoms with E-state index < -0.39 is 8.07 Å². The van der Waals surface area contributed by atoms with Crippen LogP contribution in [0.2, 0.25) is 0 Å². The van der Waals surface area contributed by atoms with E-state index >= 15 is 0 Å². The van der Waals surface area contributed by atoms with Crippen molar-refractivity contribution in [3.8, 4) is 23.0 Å². The van der Waals surface area contributed by atoms with Crippen LogP contribution in [0.5, 0.6) is 23.0 Å². The first-order valence-corrected chi connectivity index (χ1v) is 18.1. The van der Waals surface area contributed by atoms with Crippen LogP contribution in [0.15, 0.2) is 170 Å². The molecule has 0 amide bonds. The number of nitrogens with zero attached hydrogens (tertiary/aromatic N) is 1. The average molecular weight is 618 g/mol. The molecule has 10 rings (SSSR count). The summed E-state index contributed by atoms with van der Waals surface area (Å²) in [6, 6.07) is 61.5. The minimum Gasteiger partial charge on any atom is -0.458 e. The summed E-state index contributed by atoms with van der Waals surface area (Å²) in [5.74, 6) is 3.49. The topological polar surface area (TPSA) is 21.7 Å². The standard InChI is InChI=1S/C42H28BNO2Si/c1-3-15-29(16-4-1)47(30-17-5-2-6-18-30)39-27-11-8-21-33(39)44(34-22-9-12-28-40(34)47)35-23-13-20-32-42(35)46-38-26-14-25-37-41(38)43(32)31-19-7-10-24-36(31)45-37/h1-28H. The van der Waals surface area contributed by atoms with Crippen LogP contribution in [-0.2, 0) is 0 Å². The Hall–Kier alpha value is -5.78. The van der Waals surface area contributed by atoms with Gasteiger partial charge in [-0.2, -0.15) is 0 Å². The van der Waals surface area contributed by atoms with Gasteiger partial charge in [0.2, 0.25) is 0 Å². The molecule has 0 saturated heterocycles. The summed E-state index contributed by atoms with van der Waals surface area (Å²) in [5, 5.41) is 5.47. The molecule has 0 aliphatic carbocycles. The molecule has 7 aromatic carbocycles. The fourth-order valence-corrected chi connectivity index (χ4v) is 13.3. The van der Waals surface area contributed by atoms with Gasteiger partial charge in [0.25, 0.3) is 6.71 Å². The summed E-state index contributed by atoms with van der Waals surface area (Å²) < 4.78 is 13.4. The van der Waals surface area contributed by atoms with Crippen LogP contribution in [0.1, 0.15) is 0 Å². The van der Waals surface area contributed by atoms with E-state index in [2.05, 4.69) is 163 Å². The highest BCUT2D eigenvalue weighted by Crippen LogP contribution is 2.45. The van der Waals surface area contributed by atoms with E-state index in [9.17, 15) is 0 Å². The highest BCUT2D eigenvalue weighted by molar-refractivity contribution is 7.21. The maximum absolute atomic E-state index is 6.96. The molecule has 0 saturated carbocycles. The van der Waals surface area contributed by atoms with Crippen LogP contribution in [-0.4, -0.2) is 14.8 Å². The predicted molar refractivity (Wildman–Crippen MR) is 196 cm³/mol. The van der Waals surface area contributed by atoms with Crippen molar-refractivity contribution < 1.29 is 9.47 Å². The Morgan fingerprint density at radius 1 is 0.404 bits per heavy atom. The highest BCUT2D eigenvalue weighted by Gasteiger charge is 2.49. The Kier molecular flexibility index (Phi) is 5.69.